The molecule has 6 nitrogen and oxygen atoms in total. The highest BCUT2D eigenvalue weighted by Crippen LogP contribution is 2.17. The van der Waals surface area contributed by atoms with Crippen molar-refractivity contribution in [2.75, 3.05) is 26.2 Å². The van der Waals surface area contributed by atoms with E-state index in [1.54, 1.807) is 6.92 Å². The van der Waals surface area contributed by atoms with E-state index in [0.717, 1.165) is 12.1 Å². The van der Waals surface area contributed by atoms with Gasteiger partial charge >= 0.3 is 6.03 Å². The first-order valence-electron chi connectivity index (χ1n) is 6.85. The number of nitrogens with zero attached hydrogens (tertiary/aromatic N) is 1. The minimum absolute atomic E-state index is 0.00595. The number of rotatable bonds is 4. The molecule has 1 aromatic carbocycles. The Hall–Kier alpha value is -2.38. The van der Waals surface area contributed by atoms with Gasteiger partial charge in [-0.15, -0.1) is 0 Å². The number of benzene rings is 1. The highest BCUT2D eigenvalue weighted by atomic mass is 19.1. The van der Waals surface area contributed by atoms with Crippen molar-refractivity contribution >= 4 is 11.9 Å². The van der Waals surface area contributed by atoms with E-state index in [4.69, 9.17) is 4.74 Å². The van der Waals surface area contributed by atoms with Gasteiger partial charge in [-0.25, -0.2) is 13.6 Å². The monoisotopic (exact) mass is 313 g/mol. The zero-order valence-corrected chi connectivity index (χ0v) is 12.1. The second kappa shape index (κ2) is 7.06. The van der Waals surface area contributed by atoms with E-state index in [0.29, 0.717) is 13.1 Å². The smallest absolute Gasteiger partial charge is 0.318 e. The standard InChI is InChI=1S/C14H17F2N3O3/c1-9(8-22-12-3-2-10(15)6-11(12)16)18-14(21)19-5-4-17-13(20)7-19/h2-3,6,9H,4-5,7-8H2,1H3,(H,17,20)(H,18,21). The Bertz CT molecular complexity index is 568. The van der Waals surface area contributed by atoms with Crippen LogP contribution in [0.2, 0.25) is 0 Å². The van der Waals surface area contributed by atoms with Crippen LogP contribution in [0.5, 0.6) is 5.75 Å². The van der Waals surface area contributed by atoms with Gasteiger partial charge in [0.05, 0.1) is 6.04 Å². The quantitative estimate of drug-likeness (QED) is 0.867. The lowest BCUT2D eigenvalue weighted by molar-refractivity contribution is -0.123. The summed E-state index contributed by atoms with van der Waals surface area (Å²) in [5.74, 6) is -1.78. The Balaban J connectivity index is 1.81. The lowest BCUT2D eigenvalue weighted by atomic mass is 10.3. The van der Waals surface area contributed by atoms with Crippen molar-refractivity contribution in [1.82, 2.24) is 15.5 Å². The molecule has 0 saturated carbocycles. The fourth-order valence-corrected chi connectivity index (χ4v) is 1.96. The van der Waals surface area contributed by atoms with E-state index in [1.807, 2.05) is 0 Å². The highest BCUT2D eigenvalue weighted by Gasteiger charge is 2.22. The molecule has 0 spiro atoms. The van der Waals surface area contributed by atoms with Gasteiger partial charge in [-0.05, 0) is 19.1 Å². The second-order valence-corrected chi connectivity index (χ2v) is 5.01. The molecular formula is C14H17F2N3O3. The molecule has 1 atom stereocenters. The number of urea groups is 1. The van der Waals surface area contributed by atoms with Crippen LogP contribution in [0.25, 0.3) is 0 Å². The number of carbonyl (C=O) groups is 2. The maximum absolute atomic E-state index is 13.4. The fraction of sp³-hybridized carbons (Fsp3) is 0.429. The van der Waals surface area contributed by atoms with Crippen molar-refractivity contribution in [3.05, 3.63) is 29.8 Å². The first kappa shape index (κ1) is 16.0. The third kappa shape index (κ3) is 4.31. The Labute approximate surface area is 126 Å². The summed E-state index contributed by atoms with van der Waals surface area (Å²) in [6.07, 6.45) is 0. The Morgan fingerprint density at radius 1 is 1.50 bits per heavy atom. The van der Waals surface area contributed by atoms with E-state index >= 15 is 0 Å². The van der Waals surface area contributed by atoms with Gasteiger partial charge in [0, 0.05) is 19.2 Å². The molecule has 1 heterocycles. The first-order chi connectivity index (χ1) is 10.5. The van der Waals surface area contributed by atoms with Gasteiger partial charge in [-0.3, -0.25) is 4.79 Å². The number of amides is 3. The molecule has 1 fully saturated rings. The molecule has 120 valence electrons. The van der Waals surface area contributed by atoms with E-state index in [9.17, 15) is 18.4 Å². The molecule has 0 radical (unpaired) electrons. The van der Waals surface area contributed by atoms with Crippen molar-refractivity contribution in [3.8, 4) is 5.75 Å². The molecule has 1 aromatic rings. The van der Waals surface area contributed by atoms with Crippen molar-refractivity contribution < 1.29 is 23.1 Å². The average molecular weight is 313 g/mol. The van der Waals surface area contributed by atoms with E-state index < -0.39 is 17.7 Å². The third-order valence-corrected chi connectivity index (χ3v) is 3.08. The molecule has 8 heteroatoms. The number of hydrogen-bond donors (Lipinski definition) is 2. The number of ether oxygens (including phenoxy) is 1. The molecule has 2 rings (SSSR count). The van der Waals surface area contributed by atoms with Crippen LogP contribution in [0.4, 0.5) is 13.6 Å². The van der Waals surface area contributed by atoms with Gasteiger partial charge in [0.2, 0.25) is 5.91 Å². The summed E-state index contributed by atoms with van der Waals surface area (Å²) in [6, 6.07) is 2.22. The molecule has 1 unspecified atom stereocenters. The van der Waals surface area contributed by atoms with Crippen molar-refractivity contribution in [2.24, 2.45) is 0 Å². The number of nitrogens with one attached hydrogen (secondary N) is 2. The van der Waals surface area contributed by atoms with Gasteiger partial charge in [0.15, 0.2) is 11.6 Å². The van der Waals surface area contributed by atoms with Crippen LogP contribution in [0.3, 0.4) is 0 Å². The number of halogens is 2. The molecule has 22 heavy (non-hydrogen) atoms. The molecule has 0 aromatic heterocycles. The molecule has 0 aliphatic carbocycles. The highest BCUT2D eigenvalue weighted by molar-refractivity contribution is 5.85. The normalized spacial score (nSPS) is 16.0. The van der Waals surface area contributed by atoms with Crippen molar-refractivity contribution in [3.63, 3.8) is 0 Å². The van der Waals surface area contributed by atoms with E-state index in [1.165, 1.54) is 11.0 Å². The summed E-state index contributed by atoms with van der Waals surface area (Å²) in [6.45, 7) is 2.55. The van der Waals surface area contributed by atoms with Crippen molar-refractivity contribution in [2.45, 2.75) is 13.0 Å². The zero-order valence-electron chi connectivity index (χ0n) is 12.1. The summed E-state index contributed by atoms with van der Waals surface area (Å²) in [5.41, 5.74) is 0. The average Bonchev–Trinajstić information content (AvgIpc) is 2.46. The van der Waals surface area contributed by atoms with Crippen molar-refractivity contribution in [1.29, 1.82) is 0 Å². The molecule has 1 aliphatic rings. The van der Waals surface area contributed by atoms with Crippen LogP contribution in [-0.4, -0.2) is 49.1 Å². The van der Waals surface area contributed by atoms with Crippen LogP contribution in [0.1, 0.15) is 6.92 Å². The van der Waals surface area contributed by atoms with Crippen LogP contribution < -0.4 is 15.4 Å². The van der Waals surface area contributed by atoms with Gasteiger partial charge in [0.25, 0.3) is 0 Å². The summed E-state index contributed by atoms with van der Waals surface area (Å²) >= 11 is 0. The predicted molar refractivity (Wildman–Crippen MR) is 74.4 cm³/mol. The summed E-state index contributed by atoms with van der Waals surface area (Å²) in [7, 11) is 0. The maximum Gasteiger partial charge on any atom is 0.318 e. The SMILES string of the molecule is CC(COc1ccc(F)cc1F)NC(=O)N1CCNC(=O)C1. The summed E-state index contributed by atoms with van der Waals surface area (Å²) < 4.78 is 31.4. The minimum Gasteiger partial charge on any atom is -0.488 e. The predicted octanol–water partition coefficient (Wildman–Crippen LogP) is 0.874. The van der Waals surface area contributed by atoms with E-state index in [2.05, 4.69) is 10.6 Å². The maximum atomic E-state index is 13.4. The molecule has 0 bridgehead atoms. The van der Waals surface area contributed by atoms with Gasteiger partial charge in [-0.2, -0.15) is 0 Å². The van der Waals surface area contributed by atoms with Gasteiger partial charge in [0.1, 0.15) is 19.0 Å². The molecular weight excluding hydrogens is 296 g/mol. The molecule has 1 aliphatic heterocycles. The zero-order chi connectivity index (χ0) is 16.1. The lowest BCUT2D eigenvalue weighted by Gasteiger charge is -2.28. The molecule has 2 N–H and O–H groups in total. The largest absolute Gasteiger partial charge is 0.488 e. The van der Waals surface area contributed by atoms with Crippen LogP contribution >= 0.6 is 0 Å². The molecule has 1 saturated heterocycles. The lowest BCUT2D eigenvalue weighted by Crippen LogP contribution is -2.54. The fourth-order valence-electron chi connectivity index (χ4n) is 1.96. The minimum atomic E-state index is -0.800. The molecule has 3 amide bonds. The Morgan fingerprint density at radius 3 is 2.95 bits per heavy atom. The number of piperazine rings is 1. The van der Waals surface area contributed by atoms with Gasteiger partial charge < -0.3 is 20.3 Å². The summed E-state index contributed by atoms with van der Waals surface area (Å²) in [4.78, 5) is 24.5. The summed E-state index contributed by atoms with van der Waals surface area (Å²) in [5, 5.41) is 5.28. The first-order valence-corrected chi connectivity index (χ1v) is 6.85. The van der Waals surface area contributed by atoms with Crippen LogP contribution in [0, 0.1) is 11.6 Å². The second-order valence-electron chi connectivity index (χ2n) is 5.01. The van der Waals surface area contributed by atoms with Crippen LogP contribution in [-0.2, 0) is 4.79 Å². The number of carbonyl (C=O) groups excluding carboxylic acids is 2. The van der Waals surface area contributed by atoms with Gasteiger partial charge in [-0.1, -0.05) is 0 Å². The Morgan fingerprint density at radius 2 is 2.27 bits per heavy atom. The third-order valence-electron chi connectivity index (χ3n) is 3.08. The topological polar surface area (TPSA) is 70.7 Å². The Kier molecular flexibility index (Phi) is 5.13. The number of hydrogen-bond acceptors (Lipinski definition) is 3. The van der Waals surface area contributed by atoms with Crippen LogP contribution in [0.15, 0.2) is 18.2 Å². The van der Waals surface area contributed by atoms with E-state index in [-0.39, 0.29) is 30.8 Å².